The van der Waals surface area contributed by atoms with E-state index in [4.69, 9.17) is 4.98 Å². The van der Waals surface area contributed by atoms with Gasteiger partial charge in [0.2, 0.25) is 0 Å². The SMILES string of the molecule is Cc1ccc2nc3c(cc(C#N)c4c5ccccc5n(Cc5ccccc5)c34)cc2c1. The summed E-state index contributed by atoms with van der Waals surface area (Å²) in [5, 5.41) is 14.2. The number of aromatic nitrogens is 2. The Bertz CT molecular complexity index is 1670. The highest BCUT2D eigenvalue weighted by Gasteiger charge is 2.18. The summed E-state index contributed by atoms with van der Waals surface area (Å²) in [5.74, 6) is 0. The summed E-state index contributed by atoms with van der Waals surface area (Å²) in [6.45, 7) is 2.81. The molecule has 0 atom stereocenters. The topological polar surface area (TPSA) is 41.6 Å². The maximum Gasteiger partial charge on any atom is 0.0999 e. The Morgan fingerprint density at radius 3 is 2.52 bits per heavy atom. The lowest BCUT2D eigenvalue weighted by Crippen LogP contribution is -2.00. The number of hydrogen-bond acceptors (Lipinski definition) is 2. The molecule has 0 saturated heterocycles. The van der Waals surface area contributed by atoms with Crippen molar-refractivity contribution in [2.24, 2.45) is 0 Å². The van der Waals surface area contributed by atoms with E-state index in [0.29, 0.717) is 5.56 Å². The van der Waals surface area contributed by atoms with Gasteiger partial charge in [0.15, 0.2) is 0 Å². The van der Waals surface area contributed by atoms with Gasteiger partial charge in [-0.25, -0.2) is 4.98 Å². The third kappa shape index (κ3) is 2.69. The van der Waals surface area contributed by atoms with E-state index in [9.17, 15) is 5.26 Å². The minimum absolute atomic E-state index is 0.694. The van der Waals surface area contributed by atoms with Gasteiger partial charge in [-0.1, -0.05) is 60.2 Å². The van der Waals surface area contributed by atoms with Gasteiger partial charge < -0.3 is 4.57 Å². The Hall–Kier alpha value is -4.16. The van der Waals surface area contributed by atoms with Crippen LogP contribution in [0, 0.1) is 18.3 Å². The summed E-state index contributed by atoms with van der Waals surface area (Å²) < 4.78 is 2.32. The molecule has 146 valence electrons. The molecule has 0 spiro atoms. The Kier molecular flexibility index (Phi) is 3.81. The molecule has 4 aromatic carbocycles. The summed E-state index contributed by atoms with van der Waals surface area (Å²) in [6.07, 6.45) is 0. The van der Waals surface area contributed by atoms with Crippen LogP contribution in [0.3, 0.4) is 0 Å². The summed E-state index contributed by atoms with van der Waals surface area (Å²) in [5.41, 5.74) is 7.18. The molecule has 0 N–H and O–H groups in total. The summed E-state index contributed by atoms with van der Waals surface area (Å²) in [4.78, 5) is 5.09. The highest BCUT2D eigenvalue weighted by molar-refractivity contribution is 6.20. The van der Waals surface area contributed by atoms with Crippen LogP contribution in [0.5, 0.6) is 0 Å². The van der Waals surface area contributed by atoms with Crippen LogP contribution in [-0.2, 0) is 6.54 Å². The van der Waals surface area contributed by atoms with Gasteiger partial charge in [-0.3, -0.25) is 0 Å². The van der Waals surface area contributed by atoms with Crippen LogP contribution in [0.2, 0.25) is 0 Å². The lowest BCUT2D eigenvalue weighted by atomic mass is 10.0. The minimum Gasteiger partial charge on any atom is -0.334 e. The first kappa shape index (κ1) is 17.7. The number of aryl methyl sites for hydroxylation is 1. The second-order valence-electron chi connectivity index (χ2n) is 8.10. The van der Waals surface area contributed by atoms with E-state index in [1.165, 1.54) is 11.1 Å². The van der Waals surface area contributed by atoms with Crippen molar-refractivity contribution in [3.8, 4) is 6.07 Å². The van der Waals surface area contributed by atoms with E-state index in [1.54, 1.807) is 0 Å². The number of nitriles is 1. The van der Waals surface area contributed by atoms with Crippen LogP contribution in [-0.4, -0.2) is 9.55 Å². The van der Waals surface area contributed by atoms with Gasteiger partial charge in [0.1, 0.15) is 0 Å². The van der Waals surface area contributed by atoms with E-state index in [-0.39, 0.29) is 0 Å². The zero-order valence-corrected chi connectivity index (χ0v) is 17.1. The number of hydrogen-bond donors (Lipinski definition) is 0. The number of benzene rings is 4. The Balaban J connectivity index is 1.81. The van der Waals surface area contributed by atoms with Crippen LogP contribution >= 0.6 is 0 Å². The molecule has 2 heterocycles. The molecule has 6 aromatic rings. The van der Waals surface area contributed by atoms with E-state index in [1.807, 2.05) is 18.2 Å². The molecule has 0 fully saturated rings. The Morgan fingerprint density at radius 1 is 0.871 bits per heavy atom. The molecule has 0 unspecified atom stereocenters. The Labute approximate surface area is 179 Å². The van der Waals surface area contributed by atoms with E-state index < -0.39 is 0 Å². The summed E-state index contributed by atoms with van der Waals surface area (Å²) in [7, 11) is 0. The number of nitrogens with zero attached hydrogens (tertiary/aromatic N) is 3. The van der Waals surface area contributed by atoms with E-state index >= 15 is 0 Å². The van der Waals surface area contributed by atoms with Crippen LogP contribution < -0.4 is 0 Å². The maximum atomic E-state index is 10.0. The molecule has 6 rings (SSSR count). The van der Waals surface area contributed by atoms with Gasteiger partial charge in [0, 0.05) is 33.6 Å². The maximum absolute atomic E-state index is 10.0. The third-order valence-corrected chi connectivity index (χ3v) is 6.07. The number of rotatable bonds is 2. The van der Waals surface area contributed by atoms with Gasteiger partial charge in [-0.15, -0.1) is 0 Å². The van der Waals surface area contributed by atoms with Gasteiger partial charge in [-0.05, 0) is 42.8 Å². The number of para-hydroxylation sites is 1. The third-order valence-electron chi connectivity index (χ3n) is 6.07. The second-order valence-corrected chi connectivity index (χ2v) is 8.10. The quantitative estimate of drug-likeness (QED) is 0.304. The molecular weight excluding hydrogens is 378 g/mol. The van der Waals surface area contributed by atoms with E-state index in [2.05, 4.69) is 84.3 Å². The van der Waals surface area contributed by atoms with Crippen molar-refractivity contribution in [1.29, 1.82) is 5.26 Å². The zero-order chi connectivity index (χ0) is 20.9. The first-order valence-corrected chi connectivity index (χ1v) is 10.4. The van der Waals surface area contributed by atoms with Crippen LogP contribution in [0.25, 0.3) is 43.6 Å². The fourth-order valence-corrected chi connectivity index (χ4v) is 4.68. The number of fused-ring (bicyclic) bond motifs is 6. The van der Waals surface area contributed by atoms with Crippen LogP contribution in [0.4, 0.5) is 0 Å². The molecule has 3 nitrogen and oxygen atoms in total. The molecule has 0 aliphatic carbocycles. The molecule has 0 bridgehead atoms. The zero-order valence-electron chi connectivity index (χ0n) is 17.1. The lowest BCUT2D eigenvalue weighted by molar-refractivity contribution is 0.871. The smallest absolute Gasteiger partial charge is 0.0999 e. The molecular formula is C28H19N3. The first-order valence-electron chi connectivity index (χ1n) is 10.4. The van der Waals surface area contributed by atoms with Crippen molar-refractivity contribution >= 4 is 43.6 Å². The molecule has 2 aromatic heterocycles. The molecule has 31 heavy (non-hydrogen) atoms. The first-order chi connectivity index (χ1) is 15.2. The lowest BCUT2D eigenvalue weighted by Gasteiger charge is -2.11. The van der Waals surface area contributed by atoms with Crippen LogP contribution in [0.15, 0.2) is 84.9 Å². The van der Waals surface area contributed by atoms with Crippen molar-refractivity contribution in [2.75, 3.05) is 0 Å². The van der Waals surface area contributed by atoms with Crippen molar-refractivity contribution in [1.82, 2.24) is 9.55 Å². The molecule has 0 saturated carbocycles. The Morgan fingerprint density at radius 2 is 1.68 bits per heavy atom. The predicted molar refractivity (Wildman–Crippen MR) is 127 cm³/mol. The van der Waals surface area contributed by atoms with Gasteiger partial charge >= 0.3 is 0 Å². The second kappa shape index (κ2) is 6.68. The van der Waals surface area contributed by atoms with Gasteiger partial charge in [0.05, 0.1) is 28.2 Å². The minimum atomic E-state index is 0.694. The van der Waals surface area contributed by atoms with Crippen LogP contribution in [0.1, 0.15) is 16.7 Å². The van der Waals surface area contributed by atoms with Gasteiger partial charge in [0.25, 0.3) is 0 Å². The molecule has 3 heteroatoms. The fraction of sp³-hybridized carbons (Fsp3) is 0.0714. The summed E-state index contributed by atoms with van der Waals surface area (Å²) >= 11 is 0. The molecule has 0 aliphatic rings. The largest absolute Gasteiger partial charge is 0.334 e. The van der Waals surface area contributed by atoms with Crippen molar-refractivity contribution in [3.05, 3.63) is 102 Å². The monoisotopic (exact) mass is 397 g/mol. The van der Waals surface area contributed by atoms with Crippen molar-refractivity contribution in [3.63, 3.8) is 0 Å². The van der Waals surface area contributed by atoms with Gasteiger partial charge in [-0.2, -0.15) is 5.26 Å². The highest BCUT2D eigenvalue weighted by Crippen LogP contribution is 2.37. The number of pyridine rings is 1. The van der Waals surface area contributed by atoms with E-state index in [0.717, 1.165) is 50.2 Å². The standard InChI is InChI=1S/C28H19N3/c1-18-11-12-24-20(13-18)14-21-15-22(16-29)26-23-9-5-6-10-25(23)31(28(26)27(21)30-24)17-19-7-3-2-4-8-19/h2-15H,17H2,1H3. The average Bonchev–Trinajstić information content (AvgIpc) is 3.12. The highest BCUT2D eigenvalue weighted by atomic mass is 15.0. The molecule has 0 amide bonds. The van der Waals surface area contributed by atoms with Crippen molar-refractivity contribution in [2.45, 2.75) is 13.5 Å². The predicted octanol–water partition coefficient (Wildman–Crippen LogP) is 6.72. The molecule has 0 radical (unpaired) electrons. The van der Waals surface area contributed by atoms with Crippen molar-refractivity contribution < 1.29 is 0 Å². The summed E-state index contributed by atoms with van der Waals surface area (Å²) in [6, 6.07) is 31.7. The normalized spacial score (nSPS) is 11.5. The average molecular weight is 397 g/mol. The fourth-order valence-electron chi connectivity index (χ4n) is 4.68. The molecule has 0 aliphatic heterocycles.